The fraction of sp³-hybridized carbons (Fsp3) is 0.867. The lowest BCUT2D eigenvalue weighted by molar-refractivity contribution is -0.122. The van der Waals surface area contributed by atoms with Crippen molar-refractivity contribution < 1.29 is 14.3 Å². The fourth-order valence-corrected chi connectivity index (χ4v) is 3.13. The van der Waals surface area contributed by atoms with Crippen LogP contribution in [0.2, 0.25) is 0 Å². The van der Waals surface area contributed by atoms with Gasteiger partial charge in [0, 0.05) is 39.3 Å². The van der Waals surface area contributed by atoms with Crippen molar-refractivity contribution in [3.8, 4) is 0 Å². The van der Waals surface area contributed by atoms with Gasteiger partial charge in [0.15, 0.2) is 0 Å². The van der Waals surface area contributed by atoms with Crippen molar-refractivity contribution >= 4 is 11.9 Å². The van der Waals surface area contributed by atoms with Gasteiger partial charge in [0.2, 0.25) is 5.91 Å². The van der Waals surface area contributed by atoms with Gasteiger partial charge >= 0.3 is 6.03 Å². The maximum Gasteiger partial charge on any atom is 0.317 e. The number of hydrogen-bond donors (Lipinski definition) is 2. The molecule has 0 radical (unpaired) electrons. The van der Waals surface area contributed by atoms with Crippen LogP contribution in [-0.2, 0) is 9.53 Å². The number of carbonyl (C=O) groups excluding carboxylic acids is 2. The summed E-state index contributed by atoms with van der Waals surface area (Å²) in [7, 11) is 1.65. The molecule has 126 valence electrons. The minimum absolute atomic E-state index is 0.00625. The molecule has 2 rings (SSSR count). The zero-order valence-electron chi connectivity index (χ0n) is 13.8. The number of amides is 3. The van der Waals surface area contributed by atoms with Gasteiger partial charge in [-0.2, -0.15) is 0 Å². The lowest BCUT2D eigenvalue weighted by Crippen LogP contribution is -2.55. The van der Waals surface area contributed by atoms with E-state index in [9.17, 15) is 9.59 Å². The number of carbonyl (C=O) groups is 2. The van der Waals surface area contributed by atoms with Crippen molar-refractivity contribution in [2.24, 2.45) is 0 Å². The smallest absolute Gasteiger partial charge is 0.317 e. The average Bonchev–Trinajstić information content (AvgIpc) is 2.48. The standard InChI is InChI=1S/C15H28N4O3/c1-11-8-19(9-12(2)22-11)15(21)17-13-4-6-18(7-5-13)10-14(20)16-3/h11-13H,4-10H2,1-3H3,(H,16,20)(H,17,21)/t11-,12-/m1/s1. The Morgan fingerprint density at radius 1 is 1.14 bits per heavy atom. The molecule has 2 aliphatic heterocycles. The van der Waals surface area contributed by atoms with Gasteiger partial charge in [0.1, 0.15) is 0 Å². The van der Waals surface area contributed by atoms with Crippen molar-refractivity contribution in [1.29, 1.82) is 0 Å². The highest BCUT2D eigenvalue weighted by atomic mass is 16.5. The molecule has 0 unspecified atom stereocenters. The first-order valence-corrected chi connectivity index (χ1v) is 8.11. The number of piperidine rings is 1. The lowest BCUT2D eigenvalue weighted by Gasteiger charge is -2.37. The minimum Gasteiger partial charge on any atom is -0.372 e. The SMILES string of the molecule is CNC(=O)CN1CCC(NC(=O)N2C[C@@H](C)O[C@H](C)C2)CC1. The zero-order valence-corrected chi connectivity index (χ0v) is 13.8. The topological polar surface area (TPSA) is 73.9 Å². The molecule has 2 saturated heterocycles. The molecule has 2 fully saturated rings. The Kier molecular flexibility index (Phi) is 6.02. The second kappa shape index (κ2) is 7.78. The first kappa shape index (κ1) is 17.0. The molecule has 2 atom stereocenters. The predicted octanol–water partition coefficient (Wildman–Crippen LogP) is 0.0156. The Hall–Kier alpha value is -1.34. The highest BCUT2D eigenvalue weighted by Gasteiger charge is 2.28. The summed E-state index contributed by atoms with van der Waals surface area (Å²) in [5.41, 5.74) is 0. The summed E-state index contributed by atoms with van der Waals surface area (Å²) in [5, 5.41) is 5.76. The van der Waals surface area contributed by atoms with Crippen LogP contribution in [0.25, 0.3) is 0 Å². The highest BCUT2D eigenvalue weighted by Crippen LogP contribution is 2.13. The molecular formula is C15H28N4O3. The van der Waals surface area contributed by atoms with Crippen LogP contribution in [0.3, 0.4) is 0 Å². The van der Waals surface area contributed by atoms with Gasteiger partial charge in [-0.3, -0.25) is 9.69 Å². The number of urea groups is 1. The van der Waals surface area contributed by atoms with E-state index in [0.29, 0.717) is 19.6 Å². The predicted molar refractivity (Wildman–Crippen MR) is 83.6 cm³/mol. The Labute approximate surface area is 132 Å². The molecule has 2 aliphatic rings. The number of rotatable bonds is 3. The third-order valence-electron chi connectivity index (χ3n) is 4.27. The summed E-state index contributed by atoms with van der Waals surface area (Å²) < 4.78 is 5.65. The van der Waals surface area contributed by atoms with Crippen molar-refractivity contribution in [3.63, 3.8) is 0 Å². The molecule has 0 aromatic heterocycles. The van der Waals surface area contributed by atoms with E-state index in [-0.39, 0.29) is 30.2 Å². The number of likely N-dealkylation sites (tertiary alicyclic amines) is 1. The number of hydrogen-bond acceptors (Lipinski definition) is 4. The second-order valence-electron chi connectivity index (χ2n) is 6.34. The first-order chi connectivity index (χ1) is 10.5. The quantitative estimate of drug-likeness (QED) is 0.770. The minimum atomic E-state index is 0.00625. The Morgan fingerprint density at radius 3 is 2.27 bits per heavy atom. The highest BCUT2D eigenvalue weighted by molar-refractivity contribution is 5.77. The maximum atomic E-state index is 12.3. The van der Waals surface area contributed by atoms with Crippen LogP contribution >= 0.6 is 0 Å². The van der Waals surface area contributed by atoms with Crippen LogP contribution in [0.1, 0.15) is 26.7 Å². The molecule has 0 aliphatic carbocycles. The van der Waals surface area contributed by atoms with Gasteiger partial charge in [-0.05, 0) is 26.7 Å². The molecule has 0 spiro atoms. The largest absolute Gasteiger partial charge is 0.372 e. The van der Waals surface area contributed by atoms with Gasteiger partial charge in [0.25, 0.3) is 0 Å². The van der Waals surface area contributed by atoms with E-state index in [1.165, 1.54) is 0 Å². The molecule has 0 aromatic carbocycles. The summed E-state index contributed by atoms with van der Waals surface area (Å²) in [4.78, 5) is 27.7. The van der Waals surface area contributed by atoms with Gasteiger partial charge < -0.3 is 20.3 Å². The molecule has 0 aromatic rings. The Balaban J connectivity index is 1.73. The normalized spacial score (nSPS) is 27.5. The van der Waals surface area contributed by atoms with Crippen molar-refractivity contribution in [1.82, 2.24) is 20.4 Å². The lowest BCUT2D eigenvalue weighted by atomic mass is 10.1. The number of nitrogens with zero attached hydrogens (tertiary/aromatic N) is 2. The van der Waals surface area contributed by atoms with Crippen LogP contribution in [0.5, 0.6) is 0 Å². The van der Waals surface area contributed by atoms with Gasteiger partial charge in [-0.1, -0.05) is 0 Å². The summed E-state index contributed by atoms with van der Waals surface area (Å²) in [6, 6.07) is 0.202. The maximum absolute atomic E-state index is 12.3. The number of morpholine rings is 1. The van der Waals surface area contributed by atoms with Gasteiger partial charge in [-0.25, -0.2) is 4.79 Å². The number of likely N-dealkylation sites (N-methyl/N-ethyl adjacent to an activating group) is 1. The molecule has 22 heavy (non-hydrogen) atoms. The summed E-state index contributed by atoms with van der Waals surface area (Å²) in [6.45, 7) is 7.40. The van der Waals surface area contributed by atoms with E-state index in [4.69, 9.17) is 4.74 Å². The average molecular weight is 312 g/mol. The van der Waals surface area contributed by atoms with Crippen LogP contribution in [-0.4, -0.2) is 79.8 Å². The van der Waals surface area contributed by atoms with Crippen LogP contribution < -0.4 is 10.6 Å². The monoisotopic (exact) mass is 312 g/mol. The third-order valence-corrected chi connectivity index (χ3v) is 4.27. The van der Waals surface area contributed by atoms with Gasteiger partial charge in [0.05, 0.1) is 18.8 Å². The van der Waals surface area contributed by atoms with E-state index in [0.717, 1.165) is 25.9 Å². The molecular weight excluding hydrogens is 284 g/mol. The molecule has 2 heterocycles. The Bertz CT molecular complexity index is 386. The third kappa shape index (κ3) is 4.84. The summed E-state index contributed by atoms with van der Waals surface area (Å²) in [5.74, 6) is 0.0405. The van der Waals surface area contributed by atoms with Crippen molar-refractivity contribution in [2.75, 3.05) is 39.8 Å². The number of nitrogens with one attached hydrogen (secondary N) is 2. The summed E-state index contributed by atoms with van der Waals surface area (Å²) >= 11 is 0. The van der Waals surface area contributed by atoms with E-state index in [2.05, 4.69) is 15.5 Å². The first-order valence-electron chi connectivity index (χ1n) is 8.11. The zero-order chi connectivity index (χ0) is 16.1. The molecule has 0 bridgehead atoms. The second-order valence-corrected chi connectivity index (χ2v) is 6.34. The Morgan fingerprint density at radius 2 is 1.73 bits per heavy atom. The van der Waals surface area contributed by atoms with Gasteiger partial charge in [-0.15, -0.1) is 0 Å². The van der Waals surface area contributed by atoms with Crippen LogP contribution in [0, 0.1) is 0 Å². The van der Waals surface area contributed by atoms with E-state index in [1.807, 2.05) is 18.7 Å². The van der Waals surface area contributed by atoms with E-state index < -0.39 is 0 Å². The van der Waals surface area contributed by atoms with Crippen LogP contribution in [0.4, 0.5) is 4.79 Å². The number of ether oxygens (including phenoxy) is 1. The summed E-state index contributed by atoms with van der Waals surface area (Å²) in [6.07, 6.45) is 1.95. The molecule has 2 N–H and O–H groups in total. The van der Waals surface area contributed by atoms with Crippen LogP contribution in [0.15, 0.2) is 0 Å². The molecule has 3 amide bonds. The fourth-order valence-electron chi connectivity index (χ4n) is 3.13. The molecule has 7 nitrogen and oxygen atoms in total. The van der Waals surface area contributed by atoms with E-state index in [1.54, 1.807) is 7.05 Å². The van der Waals surface area contributed by atoms with E-state index >= 15 is 0 Å². The molecule has 7 heteroatoms. The van der Waals surface area contributed by atoms with Crippen molar-refractivity contribution in [2.45, 2.75) is 44.9 Å². The molecule has 0 saturated carbocycles. The van der Waals surface area contributed by atoms with Crippen molar-refractivity contribution in [3.05, 3.63) is 0 Å².